The number of carbonyl (C=O) groups is 2. The Labute approximate surface area is 854 Å². The summed E-state index contributed by atoms with van der Waals surface area (Å²) in [5, 5.41) is 28.3. The molecule has 18 rings (SSSR count). The Morgan fingerprint density at radius 1 is 0.418 bits per heavy atom. The fourth-order valence-electron chi connectivity index (χ4n) is 13.1. The van der Waals surface area contributed by atoms with Gasteiger partial charge in [0.15, 0.2) is 29.6 Å². The summed E-state index contributed by atoms with van der Waals surface area (Å²) in [6.45, 7) is 5.53. The second-order valence-electron chi connectivity index (χ2n) is 29.8. The van der Waals surface area contributed by atoms with Crippen molar-refractivity contribution in [1.82, 2.24) is 70.7 Å². The fourth-order valence-corrected chi connectivity index (χ4v) is 17.1. The number of rotatable bonds is 26. The van der Waals surface area contributed by atoms with Crippen LogP contribution in [0.1, 0.15) is 109 Å². The summed E-state index contributed by atoms with van der Waals surface area (Å²) in [6.07, 6.45) is -12.3. The quantitative estimate of drug-likeness (QED) is 0.0127. The third-order valence-electron chi connectivity index (χ3n) is 20.1. The van der Waals surface area contributed by atoms with Crippen molar-refractivity contribution in [2.24, 2.45) is 0 Å². The normalized spacial score (nSPS) is 12.3. The number of nitrogens with one attached hydrogen (secondary N) is 5. The molecule has 33 nitrogen and oxygen atoms in total. The van der Waals surface area contributed by atoms with Gasteiger partial charge in [-0.3, -0.25) is 52.5 Å². The first kappa shape index (κ1) is 114. The van der Waals surface area contributed by atoms with Gasteiger partial charge in [0, 0.05) is 60.0 Å². The van der Waals surface area contributed by atoms with Crippen LogP contribution in [-0.2, 0) is 103 Å². The molecule has 0 radical (unpaired) electrons. The summed E-state index contributed by atoms with van der Waals surface area (Å²) >= 11 is 3.25. The number of aromatic amines is 4. The zero-order chi connectivity index (χ0) is 102. The van der Waals surface area contributed by atoms with E-state index in [1.54, 1.807) is 6.07 Å². The molecule has 2 aliphatic heterocycles. The van der Waals surface area contributed by atoms with Gasteiger partial charge in [0.25, 0.3) is 0 Å². The maximum absolute atomic E-state index is 14.6. The molecule has 8 aromatic heterocycles. The van der Waals surface area contributed by atoms with Crippen LogP contribution in [0.4, 0.5) is 70.2 Å². The Balaban J connectivity index is 0.000000193. The molecule has 2 aliphatic rings. The molecular formula is C91H73F16MnN14NaO19S4. The van der Waals surface area contributed by atoms with Crippen LogP contribution in [0.15, 0.2) is 207 Å². The number of aliphatic hydroxyl groups is 1. The SMILES string of the molecule is C.C1CCNC1.CC(=O)OCc1nc(-c2ccc(C(F)(F)F)cc2)sc1COc1ccc(-c2noc(=O)[nH]2)c(F)c1.O=Cc1nc(-c2ccc(C(F)(F)F)cc2)sc1COc1ccc(-c2noc(=O)[nH]2)c(F)c1.O=c1[nH]c(-c2ccc(OCc3sc(-c4ccc(C(F)(F)F)cc4)nc3CN3CCCC3)cc2F)no1.O=c1[nH]c(-c2ccc(OCc3sc(-c4ccc(C(F)(F)F)cc4)nc3CO)cc2F)no1.[Na+].[OH-].[O]=[Mn]=[O]. The number of likely N-dealkylation sites (tertiary alicyclic amines) is 1. The summed E-state index contributed by atoms with van der Waals surface area (Å²) < 4.78 is 273. The van der Waals surface area contributed by atoms with Crippen molar-refractivity contribution in [3.63, 3.8) is 0 Å². The Morgan fingerprint density at radius 2 is 0.692 bits per heavy atom. The fraction of sp³-hybridized carbons (Fsp3) is 0.231. The Kier molecular flexibility index (Phi) is 40.5. The molecule has 7 N–H and O–H groups in total. The standard InChI is InChI=1S/C24H20F4N4O3S.C22H15F4N3O5S.C20H13F4N3O4S.C20H11F4N3O4S.C4H9N.CH4.Mn.Na.H2O.2O/c25-18-11-16(7-8-17(18)21-30-23(33)35-31-21)34-13-20-19(12-32-9-1-2-10-32)29-22(36-20)14-3-5-15(6-4-14)24(26,27)28;1-11(30)32-9-17-18(35-20(27-17)12-2-4-13(5-3-12)22(24,25)26)10-33-14-6-7-15(16(23)8-14)19-28-21(31)34-29-19;2*21-14-7-12(5-6-13(14)17-26-19(29)31-27-17)30-9-16-15(8-28)25-18(32-16)10-1-3-11(4-2-10)20(22,23)24;1-2-4-5-3-1;;;;;;/h3-8,11H,1-2,9-10,12-13H2,(H,30,31,33);2-8H,9-10H2,1H3,(H,28,29,31);1-7,28H,8-9H2,(H,26,27,29);1-8H,9H2,(H,26,27,29);5H,1-4H2;1H4;;;1H2;;/q;;;;;;;+1;;;/p-1. The molecule has 0 atom stereocenters. The van der Waals surface area contributed by atoms with Gasteiger partial charge < -0.3 is 39.6 Å². The predicted octanol–water partition coefficient (Wildman–Crippen LogP) is 17.1. The number of aromatic nitrogens is 12. The van der Waals surface area contributed by atoms with E-state index in [2.05, 4.69) is 83.8 Å². The van der Waals surface area contributed by atoms with Crippen LogP contribution in [-0.4, -0.2) is 114 Å². The number of esters is 1. The van der Waals surface area contributed by atoms with E-state index in [0.29, 0.717) is 81.1 Å². The molecule has 2 saturated heterocycles. The van der Waals surface area contributed by atoms with Crippen molar-refractivity contribution in [1.29, 1.82) is 0 Å². The van der Waals surface area contributed by atoms with E-state index in [9.17, 15) is 104 Å². The molecule has 0 aliphatic carbocycles. The molecule has 765 valence electrons. The van der Waals surface area contributed by atoms with Crippen molar-refractivity contribution in [2.45, 2.75) is 111 Å². The second kappa shape index (κ2) is 51.8. The zero-order valence-electron chi connectivity index (χ0n) is 74.3. The third kappa shape index (κ3) is 31.4. The van der Waals surface area contributed by atoms with Gasteiger partial charge in [-0.1, -0.05) is 76.6 Å². The summed E-state index contributed by atoms with van der Waals surface area (Å²) in [5.41, 5.74) is 0.416. The van der Waals surface area contributed by atoms with Gasteiger partial charge in [0.1, 0.15) is 105 Å². The van der Waals surface area contributed by atoms with Crippen molar-refractivity contribution in [2.75, 3.05) is 26.2 Å². The van der Waals surface area contributed by atoms with E-state index in [0.717, 1.165) is 137 Å². The minimum absolute atomic E-state index is 0. The zero-order valence-corrected chi connectivity index (χ0v) is 80.7. The van der Waals surface area contributed by atoms with Gasteiger partial charge in [-0.2, -0.15) is 52.7 Å². The number of thiazole rings is 4. The number of alkyl halides is 12. The number of carbonyl (C=O) groups excluding carboxylic acids is 2. The summed E-state index contributed by atoms with van der Waals surface area (Å²) in [6, 6.07) is 34.1. The molecule has 2 fully saturated rings. The van der Waals surface area contributed by atoms with E-state index in [1.807, 2.05) is 0 Å². The number of nitrogens with zero attached hydrogens (tertiary/aromatic N) is 9. The molecule has 8 aromatic carbocycles. The monoisotopic (exact) mass is 2180 g/mol. The number of benzene rings is 8. The van der Waals surface area contributed by atoms with Crippen molar-refractivity contribution >= 4 is 57.6 Å². The molecule has 0 spiro atoms. The van der Waals surface area contributed by atoms with Gasteiger partial charge >= 0.3 is 106 Å². The van der Waals surface area contributed by atoms with Crippen LogP contribution in [0.5, 0.6) is 23.0 Å². The predicted molar refractivity (Wildman–Crippen MR) is 481 cm³/mol. The topological polar surface area (TPSA) is 467 Å². The van der Waals surface area contributed by atoms with Crippen LogP contribution in [0.3, 0.4) is 0 Å². The summed E-state index contributed by atoms with van der Waals surface area (Å²) in [5.74, 6) is -6.11. The minimum atomic E-state index is -4.46. The molecule has 55 heteroatoms. The number of hydrogen-bond donors (Lipinski definition) is 6. The van der Waals surface area contributed by atoms with E-state index < -0.39 is 121 Å². The Hall–Kier alpha value is -13.8. The number of ether oxygens (including phenoxy) is 5. The average Bonchev–Trinajstić information content (AvgIpc) is 1.73. The third-order valence-corrected chi connectivity index (χ3v) is 24.6. The first-order valence-electron chi connectivity index (χ1n) is 41.4. The van der Waals surface area contributed by atoms with Crippen LogP contribution < -0.4 is 76.8 Å². The van der Waals surface area contributed by atoms with Gasteiger partial charge in [-0.05, 0) is 149 Å². The Bertz CT molecular complexity index is 7350. The number of H-pyrrole nitrogens is 4. The number of aliphatic hydroxyl groups excluding tert-OH is 1. The van der Waals surface area contributed by atoms with Gasteiger partial charge in [0.2, 0.25) is 0 Å². The van der Waals surface area contributed by atoms with E-state index in [4.69, 9.17) is 36.3 Å². The molecule has 16 aromatic rings. The molecule has 10 heterocycles. The van der Waals surface area contributed by atoms with Gasteiger partial charge in [0.05, 0.1) is 87.7 Å². The van der Waals surface area contributed by atoms with E-state index >= 15 is 0 Å². The van der Waals surface area contributed by atoms with E-state index in [-0.39, 0.29) is 150 Å². The van der Waals surface area contributed by atoms with Gasteiger partial charge in [-0.25, -0.2) is 56.7 Å². The summed E-state index contributed by atoms with van der Waals surface area (Å²) in [7, 11) is 0. The van der Waals surface area contributed by atoms with Crippen LogP contribution >= 0.6 is 45.3 Å². The van der Waals surface area contributed by atoms with Gasteiger partial charge in [-0.15, -0.1) is 45.3 Å². The number of hydrogen-bond acceptors (Lipinski definition) is 33. The first-order valence-corrected chi connectivity index (χ1v) is 45.6. The number of aldehydes is 1. The molecule has 0 bridgehead atoms. The van der Waals surface area contributed by atoms with Crippen LogP contribution in [0.25, 0.3) is 87.8 Å². The maximum atomic E-state index is 14.6. The average molecular weight is 2180 g/mol. The van der Waals surface area contributed by atoms with Crippen LogP contribution in [0.2, 0.25) is 0 Å². The summed E-state index contributed by atoms with van der Waals surface area (Å²) in [4.78, 5) is 97.9. The molecule has 0 saturated carbocycles. The Morgan fingerprint density at radius 3 is 0.952 bits per heavy atom. The first-order chi connectivity index (χ1) is 68.2. The van der Waals surface area contributed by atoms with Crippen molar-refractivity contribution in [3.05, 3.63) is 300 Å². The van der Waals surface area contributed by atoms with E-state index in [1.165, 1.54) is 141 Å². The van der Waals surface area contributed by atoms with Crippen molar-refractivity contribution in [3.8, 4) is 111 Å². The van der Waals surface area contributed by atoms with Crippen molar-refractivity contribution < 1.29 is 184 Å². The molecule has 0 amide bonds. The second-order valence-corrected chi connectivity index (χ2v) is 34.4. The number of halogens is 16. The van der Waals surface area contributed by atoms with Crippen LogP contribution in [0, 0.1) is 23.3 Å². The molecular weight excluding hydrogens is 2100 g/mol. The molecule has 0 unspecified atom stereocenters. The molecule has 146 heavy (non-hydrogen) atoms.